The second-order valence-corrected chi connectivity index (χ2v) is 7.83. The number of ketones is 1. The highest BCUT2D eigenvalue weighted by molar-refractivity contribution is 6.02. The van der Waals surface area contributed by atoms with E-state index in [1.54, 1.807) is 4.57 Å². The Bertz CT molecular complexity index is 966. The summed E-state index contributed by atoms with van der Waals surface area (Å²) in [6, 6.07) is 9.47. The summed E-state index contributed by atoms with van der Waals surface area (Å²) in [6.07, 6.45) is 3.73. The maximum absolute atomic E-state index is 13.2. The number of rotatable bonds is 4. The van der Waals surface area contributed by atoms with Crippen molar-refractivity contribution in [1.29, 1.82) is 0 Å². The third-order valence-corrected chi connectivity index (χ3v) is 5.40. The van der Waals surface area contributed by atoms with E-state index in [0.717, 1.165) is 25.0 Å². The number of aromatic nitrogens is 1. The fourth-order valence-electron chi connectivity index (χ4n) is 3.63. The Labute approximate surface area is 158 Å². The average molecular weight is 364 g/mol. The summed E-state index contributed by atoms with van der Waals surface area (Å²) in [4.78, 5) is 38.3. The molecule has 0 saturated heterocycles. The second-order valence-electron chi connectivity index (χ2n) is 7.83. The lowest BCUT2D eigenvalue weighted by Gasteiger charge is -2.22. The number of amides is 1. The Morgan fingerprint density at radius 3 is 2.44 bits per heavy atom. The fourth-order valence-corrected chi connectivity index (χ4v) is 3.63. The van der Waals surface area contributed by atoms with Gasteiger partial charge in [0, 0.05) is 29.4 Å². The Morgan fingerprint density at radius 2 is 1.81 bits per heavy atom. The van der Waals surface area contributed by atoms with E-state index < -0.39 is 0 Å². The van der Waals surface area contributed by atoms with Gasteiger partial charge in [-0.2, -0.15) is 0 Å². The second kappa shape index (κ2) is 6.80. The smallest absolute Gasteiger partial charge is 0.268 e. The molecule has 4 rings (SSSR count). The summed E-state index contributed by atoms with van der Waals surface area (Å²) in [5.74, 6) is 0.0161. The van der Waals surface area contributed by atoms with Gasteiger partial charge in [-0.3, -0.25) is 19.0 Å². The highest BCUT2D eigenvalue weighted by atomic mass is 16.2. The monoisotopic (exact) mass is 364 g/mol. The minimum absolute atomic E-state index is 0.00396. The zero-order valence-electron chi connectivity index (χ0n) is 15.7. The number of hydrogen-bond acceptors (Lipinski definition) is 3. The van der Waals surface area contributed by atoms with E-state index in [-0.39, 0.29) is 28.9 Å². The number of nitrogens with one attached hydrogen (secondary N) is 1. The van der Waals surface area contributed by atoms with Crippen LogP contribution in [0.15, 0.2) is 35.1 Å². The first kappa shape index (κ1) is 17.7. The molecule has 1 aromatic carbocycles. The van der Waals surface area contributed by atoms with Crippen molar-refractivity contribution in [2.45, 2.75) is 57.9 Å². The molecule has 1 saturated carbocycles. The fraction of sp³-hybridized carbons (Fsp3) is 0.409. The van der Waals surface area contributed by atoms with Crippen molar-refractivity contribution in [3.63, 3.8) is 0 Å². The summed E-state index contributed by atoms with van der Waals surface area (Å²) in [6.45, 7) is 4.23. The van der Waals surface area contributed by atoms with Crippen LogP contribution in [0.25, 0.3) is 5.69 Å². The molecular formula is C22H24N2O3. The van der Waals surface area contributed by atoms with Gasteiger partial charge in [0.1, 0.15) is 5.56 Å². The first-order valence-electron chi connectivity index (χ1n) is 9.69. The van der Waals surface area contributed by atoms with Gasteiger partial charge in [-0.15, -0.1) is 0 Å². The Kier molecular flexibility index (Phi) is 4.46. The van der Waals surface area contributed by atoms with Crippen LogP contribution in [0.2, 0.25) is 0 Å². The molecule has 27 heavy (non-hydrogen) atoms. The molecule has 1 aromatic heterocycles. The van der Waals surface area contributed by atoms with Crippen LogP contribution in [0.4, 0.5) is 0 Å². The van der Waals surface area contributed by atoms with Crippen LogP contribution in [0.1, 0.15) is 77.4 Å². The number of nitrogens with zero attached hydrogens (tertiary/aromatic N) is 1. The third-order valence-electron chi connectivity index (χ3n) is 5.40. The zero-order valence-corrected chi connectivity index (χ0v) is 15.7. The van der Waals surface area contributed by atoms with E-state index in [2.05, 4.69) is 19.2 Å². The highest BCUT2D eigenvalue weighted by Crippen LogP contribution is 2.25. The number of carbonyl (C=O) groups is 2. The van der Waals surface area contributed by atoms with Crippen molar-refractivity contribution in [1.82, 2.24) is 9.88 Å². The predicted molar refractivity (Wildman–Crippen MR) is 104 cm³/mol. The molecule has 0 aliphatic heterocycles. The molecule has 2 aromatic rings. The molecule has 1 fully saturated rings. The molecule has 0 bridgehead atoms. The third kappa shape index (κ3) is 3.34. The summed E-state index contributed by atoms with van der Waals surface area (Å²) in [7, 11) is 0. The number of hydrogen-bond donors (Lipinski definition) is 1. The standard InChI is InChI=1S/C22H24N2O3/c1-13(2)14-6-10-16(11-7-14)24-19-4-3-5-20(25)17(19)12-18(22(24)27)21(26)23-15-8-9-15/h6-7,10-13,15H,3-5,8-9H2,1-2H3,(H,23,26). The SMILES string of the molecule is CC(C)c1ccc(-n2c3c(cc(C(=O)NC4CC4)c2=O)C(=O)CCC3)cc1. The maximum atomic E-state index is 13.2. The van der Waals surface area contributed by atoms with Crippen molar-refractivity contribution in [3.05, 3.63) is 63.1 Å². The van der Waals surface area contributed by atoms with Crippen LogP contribution in [0.5, 0.6) is 0 Å². The summed E-state index contributed by atoms with van der Waals surface area (Å²) >= 11 is 0. The van der Waals surface area contributed by atoms with Gasteiger partial charge < -0.3 is 5.32 Å². The van der Waals surface area contributed by atoms with Crippen LogP contribution in [-0.4, -0.2) is 22.3 Å². The van der Waals surface area contributed by atoms with Crippen molar-refractivity contribution >= 4 is 11.7 Å². The highest BCUT2D eigenvalue weighted by Gasteiger charge is 2.29. The Hall–Kier alpha value is -2.69. The van der Waals surface area contributed by atoms with Gasteiger partial charge in [-0.25, -0.2) is 0 Å². The Balaban J connectivity index is 1.87. The van der Waals surface area contributed by atoms with Gasteiger partial charge in [0.15, 0.2) is 5.78 Å². The first-order valence-corrected chi connectivity index (χ1v) is 9.69. The molecule has 0 atom stereocenters. The van der Waals surface area contributed by atoms with E-state index in [1.807, 2.05) is 24.3 Å². The number of Topliss-reactive ketones (excluding diaryl/α,β-unsaturated/α-hetero) is 1. The maximum Gasteiger partial charge on any atom is 0.268 e. The number of benzene rings is 1. The molecule has 5 heteroatoms. The normalized spacial score (nSPS) is 16.3. The van der Waals surface area contributed by atoms with Crippen LogP contribution in [-0.2, 0) is 6.42 Å². The largest absolute Gasteiger partial charge is 0.349 e. The molecule has 1 heterocycles. The van der Waals surface area contributed by atoms with E-state index in [9.17, 15) is 14.4 Å². The minimum atomic E-state index is -0.378. The number of fused-ring (bicyclic) bond motifs is 1. The first-order chi connectivity index (χ1) is 13.0. The van der Waals surface area contributed by atoms with Crippen molar-refractivity contribution < 1.29 is 9.59 Å². The molecule has 1 N–H and O–H groups in total. The van der Waals surface area contributed by atoms with Gasteiger partial charge >= 0.3 is 0 Å². The van der Waals surface area contributed by atoms with Gasteiger partial charge in [-0.05, 0) is 55.4 Å². The summed E-state index contributed by atoms with van der Waals surface area (Å²) < 4.78 is 1.57. The molecular weight excluding hydrogens is 340 g/mol. The van der Waals surface area contributed by atoms with Gasteiger partial charge in [0.25, 0.3) is 11.5 Å². The van der Waals surface area contributed by atoms with E-state index in [4.69, 9.17) is 0 Å². The Morgan fingerprint density at radius 1 is 1.11 bits per heavy atom. The molecule has 5 nitrogen and oxygen atoms in total. The van der Waals surface area contributed by atoms with E-state index in [1.165, 1.54) is 11.6 Å². The molecule has 0 radical (unpaired) electrons. The average Bonchev–Trinajstić information content (AvgIpc) is 3.45. The van der Waals surface area contributed by atoms with Crippen LogP contribution >= 0.6 is 0 Å². The molecule has 1 amide bonds. The lowest BCUT2D eigenvalue weighted by molar-refractivity contribution is 0.0949. The van der Waals surface area contributed by atoms with Crippen molar-refractivity contribution in [2.24, 2.45) is 0 Å². The van der Waals surface area contributed by atoms with Crippen LogP contribution < -0.4 is 10.9 Å². The molecule has 140 valence electrons. The molecule has 0 unspecified atom stereocenters. The number of pyridine rings is 1. The zero-order chi connectivity index (χ0) is 19.1. The molecule has 0 spiro atoms. The van der Waals surface area contributed by atoms with Gasteiger partial charge in [0.2, 0.25) is 0 Å². The van der Waals surface area contributed by atoms with Crippen LogP contribution in [0.3, 0.4) is 0 Å². The van der Waals surface area contributed by atoms with E-state index in [0.29, 0.717) is 30.0 Å². The van der Waals surface area contributed by atoms with Crippen molar-refractivity contribution in [2.75, 3.05) is 0 Å². The minimum Gasteiger partial charge on any atom is -0.349 e. The molecule has 2 aliphatic carbocycles. The topological polar surface area (TPSA) is 68.2 Å². The lowest BCUT2D eigenvalue weighted by Crippen LogP contribution is -2.36. The quantitative estimate of drug-likeness (QED) is 0.904. The predicted octanol–water partition coefficient (Wildman–Crippen LogP) is 3.37. The summed E-state index contributed by atoms with van der Waals surface area (Å²) in [5, 5.41) is 2.87. The van der Waals surface area contributed by atoms with E-state index >= 15 is 0 Å². The molecule has 2 aliphatic rings. The number of carbonyl (C=O) groups excluding carboxylic acids is 2. The van der Waals surface area contributed by atoms with Crippen LogP contribution in [0, 0.1) is 0 Å². The van der Waals surface area contributed by atoms with Crippen molar-refractivity contribution in [3.8, 4) is 5.69 Å². The summed E-state index contributed by atoms with van der Waals surface area (Å²) in [5.41, 5.74) is 2.82. The lowest BCUT2D eigenvalue weighted by atomic mass is 9.92. The van der Waals surface area contributed by atoms with Gasteiger partial charge in [0.05, 0.1) is 0 Å². The van der Waals surface area contributed by atoms with Gasteiger partial charge in [-0.1, -0.05) is 26.0 Å².